The van der Waals surface area contributed by atoms with E-state index in [-0.39, 0.29) is 5.38 Å². The Morgan fingerprint density at radius 3 is 2.37 bits per heavy atom. The summed E-state index contributed by atoms with van der Waals surface area (Å²) in [5, 5.41) is 0.965. The average Bonchev–Trinajstić information content (AvgIpc) is 2.38. The van der Waals surface area contributed by atoms with E-state index in [1.165, 1.54) is 11.1 Å². The van der Waals surface area contributed by atoms with Crippen molar-refractivity contribution in [2.45, 2.75) is 31.1 Å². The molecule has 19 heavy (non-hydrogen) atoms. The van der Waals surface area contributed by atoms with Crippen molar-refractivity contribution >= 4 is 23.2 Å². The Hall–Kier alpha value is -0.980. The lowest BCUT2D eigenvalue weighted by Gasteiger charge is -2.19. The predicted molar refractivity (Wildman–Crippen MR) is 84.3 cm³/mol. The summed E-state index contributed by atoms with van der Waals surface area (Å²) in [6, 6.07) is 18.6. The van der Waals surface area contributed by atoms with E-state index in [0.29, 0.717) is 5.92 Å². The van der Waals surface area contributed by atoms with Gasteiger partial charge in [-0.15, -0.1) is 11.6 Å². The van der Waals surface area contributed by atoms with Gasteiger partial charge in [0.1, 0.15) is 0 Å². The Labute approximate surface area is 125 Å². The molecule has 2 atom stereocenters. The monoisotopic (exact) mass is 292 g/mol. The first-order chi connectivity index (χ1) is 9.15. The van der Waals surface area contributed by atoms with Gasteiger partial charge in [-0.2, -0.15) is 0 Å². The zero-order valence-corrected chi connectivity index (χ0v) is 12.5. The van der Waals surface area contributed by atoms with Gasteiger partial charge >= 0.3 is 0 Å². The fourth-order valence-corrected chi connectivity index (χ4v) is 2.83. The van der Waals surface area contributed by atoms with Crippen molar-refractivity contribution in [1.82, 2.24) is 0 Å². The highest BCUT2D eigenvalue weighted by atomic mass is 35.5. The predicted octanol–water partition coefficient (Wildman–Crippen LogP) is 5.68. The van der Waals surface area contributed by atoms with Crippen LogP contribution in [0.2, 0.25) is 5.02 Å². The van der Waals surface area contributed by atoms with Crippen molar-refractivity contribution in [2.75, 3.05) is 0 Å². The summed E-state index contributed by atoms with van der Waals surface area (Å²) in [7, 11) is 0. The molecular formula is C17H18Cl2. The molecule has 2 heteroatoms. The molecule has 0 radical (unpaired) electrons. The van der Waals surface area contributed by atoms with Crippen molar-refractivity contribution < 1.29 is 0 Å². The third-order valence-electron chi connectivity index (χ3n) is 3.25. The molecule has 0 aliphatic heterocycles. The van der Waals surface area contributed by atoms with Gasteiger partial charge in [-0.3, -0.25) is 0 Å². The molecule has 0 aliphatic rings. The Kier molecular flexibility index (Phi) is 5.30. The third-order valence-corrected chi connectivity index (χ3v) is 3.66. The molecule has 0 spiro atoms. The van der Waals surface area contributed by atoms with E-state index in [2.05, 4.69) is 37.3 Å². The van der Waals surface area contributed by atoms with E-state index in [9.17, 15) is 0 Å². The fraction of sp³-hybridized carbons (Fsp3) is 0.294. The second kappa shape index (κ2) is 6.98. The molecule has 0 nitrogen and oxygen atoms in total. The average molecular weight is 293 g/mol. The summed E-state index contributed by atoms with van der Waals surface area (Å²) < 4.78 is 0. The van der Waals surface area contributed by atoms with Crippen LogP contribution in [0, 0.1) is 0 Å². The molecule has 0 amide bonds. The normalized spacial score (nSPS) is 14.1. The summed E-state index contributed by atoms with van der Waals surface area (Å²) in [4.78, 5) is 0. The molecule has 100 valence electrons. The van der Waals surface area contributed by atoms with Crippen LogP contribution in [-0.2, 0) is 6.42 Å². The van der Waals surface area contributed by atoms with Crippen molar-refractivity contribution in [3.63, 3.8) is 0 Å². The summed E-state index contributed by atoms with van der Waals surface area (Å²) in [5.41, 5.74) is 2.61. The van der Waals surface area contributed by atoms with Crippen LogP contribution in [0.5, 0.6) is 0 Å². The van der Waals surface area contributed by atoms with Crippen molar-refractivity contribution in [2.24, 2.45) is 0 Å². The van der Waals surface area contributed by atoms with Crippen molar-refractivity contribution in [1.29, 1.82) is 0 Å². The second-order valence-corrected chi connectivity index (χ2v) is 6.14. The minimum Gasteiger partial charge on any atom is -0.123 e. The van der Waals surface area contributed by atoms with Gasteiger partial charge in [-0.1, -0.05) is 54.1 Å². The minimum atomic E-state index is 0.171. The van der Waals surface area contributed by atoms with Gasteiger partial charge < -0.3 is 0 Å². The molecule has 0 saturated carbocycles. The number of rotatable bonds is 5. The zero-order valence-electron chi connectivity index (χ0n) is 11.0. The molecule has 0 aromatic heterocycles. The maximum Gasteiger partial charge on any atom is 0.0408 e. The number of alkyl halides is 1. The lowest BCUT2D eigenvalue weighted by Crippen LogP contribution is -2.08. The minimum absolute atomic E-state index is 0.171. The van der Waals surface area contributed by atoms with Gasteiger partial charge in [0.25, 0.3) is 0 Å². The quantitative estimate of drug-likeness (QED) is 0.622. The Bertz CT molecular complexity index is 506. The number of halogens is 2. The van der Waals surface area contributed by atoms with Crippen LogP contribution in [0.4, 0.5) is 0 Å². The van der Waals surface area contributed by atoms with Crippen LogP contribution < -0.4 is 0 Å². The molecule has 0 bridgehead atoms. The summed E-state index contributed by atoms with van der Waals surface area (Å²) in [6.45, 7) is 2.05. The van der Waals surface area contributed by atoms with Crippen LogP contribution in [-0.4, -0.2) is 5.38 Å². The highest BCUT2D eigenvalue weighted by molar-refractivity contribution is 6.30. The molecule has 0 aliphatic carbocycles. The zero-order chi connectivity index (χ0) is 13.7. The first kappa shape index (κ1) is 14.4. The highest BCUT2D eigenvalue weighted by Crippen LogP contribution is 2.28. The maximum atomic E-state index is 6.19. The molecule has 2 rings (SSSR count). The van der Waals surface area contributed by atoms with Gasteiger partial charge in [0.05, 0.1) is 0 Å². The SMILES string of the molecule is CC(Cl)CC(Cc1cccc(Cl)c1)c1ccccc1. The Balaban J connectivity index is 2.19. The summed E-state index contributed by atoms with van der Waals surface area (Å²) >= 11 is 12.2. The molecule has 2 aromatic carbocycles. The molecule has 0 heterocycles. The van der Waals surface area contributed by atoms with Crippen LogP contribution in [0.15, 0.2) is 54.6 Å². The molecule has 0 saturated heterocycles. The van der Waals surface area contributed by atoms with Crippen LogP contribution in [0.1, 0.15) is 30.4 Å². The Morgan fingerprint density at radius 1 is 1.00 bits per heavy atom. The first-order valence-corrected chi connectivity index (χ1v) is 7.40. The van der Waals surface area contributed by atoms with Crippen LogP contribution in [0.3, 0.4) is 0 Å². The summed E-state index contributed by atoms with van der Waals surface area (Å²) in [5.74, 6) is 0.437. The fourth-order valence-electron chi connectivity index (χ4n) is 2.40. The smallest absolute Gasteiger partial charge is 0.0408 e. The van der Waals surface area contributed by atoms with Gasteiger partial charge in [-0.05, 0) is 48.9 Å². The molecule has 0 fully saturated rings. The van der Waals surface area contributed by atoms with Gasteiger partial charge in [-0.25, -0.2) is 0 Å². The van der Waals surface area contributed by atoms with Crippen molar-refractivity contribution in [3.05, 3.63) is 70.7 Å². The Morgan fingerprint density at radius 2 is 1.74 bits per heavy atom. The topological polar surface area (TPSA) is 0 Å². The largest absolute Gasteiger partial charge is 0.123 e. The molecule has 0 N–H and O–H groups in total. The van der Waals surface area contributed by atoms with E-state index in [0.717, 1.165) is 17.9 Å². The van der Waals surface area contributed by atoms with Crippen LogP contribution >= 0.6 is 23.2 Å². The van der Waals surface area contributed by atoms with Crippen LogP contribution in [0.25, 0.3) is 0 Å². The molecular weight excluding hydrogens is 275 g/mol. The van der Waals surface area contributed by atoms with Crippen molar-refractivity contribution in [3.8, 4) is 0 Å². The van der Waals surface area contributed by atoms with E-state index < -0.39 is 0 Å². The molecule has 2 aromatic rings. The van der Waals surface area contributed by atoms with E-state index in [1.54, 1.807) is 0 Å². The number of hydrogen-bond donors (Lipinski definition) is 0. The standard InChI is InChI=1S/C17H18Cl2/c1-13(18)10-16(15-7-3-2-4-8-15)11-14-6-5-9-17(19)12-14/h2-9,12-13,16H,10-11H2,1H3. The first-order valence-electron chi connectivity index (χ1n) is 6.58. The van der Waals surface area contributed by atoms with E-state index in [1.807, 2.05) is 24.3 Å². The highest BCUT2D eigenvalue weighted by Gasteiger charge is 2.15. The lowest BCUT2D eigenvalue weighted by atomic mass is 9.88. The third kappa shape index (κ3) is 4.56. The maximum absolute atomic E-state index is 6.19. The van der Waals surface area contributed by atoms with Gasteiger partial charge in [0.15, 0.2) is 0 Å². The lowest BCUT2D eigenvalue weighted by molar-refractivity contribution is 0.615. The van der Waals surface area contributed by atoms with Gasteiger partial charge in [0.2, 0.25) is 0 Å². The molecule has 2 unspecified atom stereocenters. The van der Waals surface area contributed by atoms with E-state index >= 15 is 0 Å². The van der Waals surface area contributed by atoms with E-state index in [4.69, 9.17) is 23.2 Å². The van der Waals surface area contributed by atoms with Gasteiger partial charge in [0, 0.05) is 10.4 Å². The second-order valence-electron chi connectivity index (χ2n) is 4.96. The summed E-state index contributed by atoms with van der Waals surface area (Å²) in [6.07, 6.45) is 1.94. The number of hydrogen-bond acceptors (Lipinski definition) is 0. The number of benzene rings is 2.